The highest BCUT2D eigenvalue weighted by Crippen LogP contribution is 2.17. The van der Waals surface area contributed by atoms with Crippen LogP contribution in [0.1, 0.15) is 25.7 Å². The summed E-state index contributed by atoms with van der Waals surface area (Å²) in [6.45, 7) is 2.03. The molecule has 0 amide bonds. The molecule has 1 aliphatic heterocycles. The number of benzene rings is 1. The number of nitrogens with zero attached hydrogens (tertiary/aromatic N) is 3. The molecule has 1 fully saturated rings. The van der Waals surface area contributed by atoms with Crippen molar-refractivity contribution in [2.24, 2.45) is 5.92 Å². The van der Waals surface area contributed by atoms with Crippen LogP contribution in [0.15, 0.2) is 35.2 Å². The monoisotopic (exact) mass is 346 g/mol. The maximum atomic E-state index is 12.4. The third-order valence-electron chi connectivity index (χ3n) is 4.15. The van der Waals surface area contributed by atoms with Crippen molar-refractivity contribution in [3.63, 3.8) is 0 Å². The first-order valence-electron chi connectivity index (χ1n) is 8.11. The van der Waals surface area contributed by atoms with Crippen LogP contribution in [0.25, 0.3) is 0 Å². The molecule has 1 aromatic carbocycles. The third-order valence-corrected chi connectivity index (χ3v) is 5.68. The fraction of sp³-hybridized carbons (Fsp3) is 0.529. The second kappa shape index (κ2) is 8.79. The molecule has 1 aromatic rings. The molecule has 2 atom stereocenters. The van der Waals surface area contributed by atoms with Crippen molar-refractivity contribution in [3.8, 4) is 12.1 Å². The Kier molecular flexibility index (Phi) is 6.74. The van der Waals surface area contributed by atoms with Crippen LogP contribution in [0.4, 0.5) is 0 Å². The Balaban J connectivity index is 1.94. The fourth-order valence-corrected chi connectivity index (χ4v) is 4.23. The first-order chi connectivity index (χ1) is 11.5. The van der Waals surface area contributed by atoms with Crippen molar-refractivity contribution in [1.82, 2.24) is 9.62 Å². The molecule has 128 valence electrons. The molecular formula is C17H22N4O2S. The Morgan fingerprint density at radius 2 is 2.04 bits per heavy atom. The summed E-state index contributed by atoms with van der Waals surface area (Å²) in [6.07, 6.45) is 2.61. The maximum absolute atomic E-state index is 12.4. The van der Waals surface area contributed by atoms with Gasteiger partial charge in [-0.05, 0) is 37.9 Å². The summed E-state index contributed by atoms with van der Waals surface area (Å²) in [6, 6.07) is 12.5. The Morgan fingerprint density at radius 3 is 2.71 bits per heavy atom. The average Bonchev–Trinajstić information content (AvgIpc) is 2.59. The second-order valence-electron chi connectivity index (χ2n) is 6.06. The van der Waals surface area contributed by atoms with Crippen LogP contribution < -0.4 is 4.72 Å². The van der Waals surface area contributed by atoms with Crippen molar-refractivity contribution < 1.29 is 8.42 Å². The first kappa shape index (κ1) is 18.4. The number of hydrogen-bond acceptors (Lipinski definition) is 5. The van der Waals surface area contributed by atoms with Crippen LogP contribution in [-0.2, 0) is 10.0 Å². The number of piperidine rings is 1. The van der Waals surface area contributed by atoms with E-state index in [1.807, 2.05) is 0 Å². The number of sulfonamides is 1. The number of hydrogen-bond donors (Lipinski definition) is 1. The fourth-order valence-electron chi connectivity index (χ4n) is 2.95. The van der Waals surface area contributed by atoms with Gasteiger partial charge in [0.2, 0.25) is 10.0 Å². The van der Waals surface area contributed by atoms with E-state index in [1.165, 1.54) is 0 Å². The Bertz CT molecular complexity index is 706. The molecule has 0 aliphatic carbocycles. The molecule has 0 spiro atoms. The average molecular weight is 346 g/mol. The van der Waals surface area contributed by atoms with Gasteiger partial charge in [0.05, 0.1) is 23.0 Å². The van der Waals surface area contributed by atoms with E-state index in [-0.39, 0.29) is 16.9 Å². The van der Waals surface area contributed by atoms with Gasteiger partial charge in [-0.15, -0.1) is 0 Å². The lowest BCUT2D eigenvalue weighted by atomic mass is 10.0. The summed E-state index contributed by atoms with van der Waals surface area (Å²) in [4.78, 5) is 2.39. The van der Waals surface area contributed by atoms with Crippen molar-refractivity contribution in [1.29, 1.82) is 10.5 Å². The lowest BCUT2D eigenvalue weighted by Gasteiger charge is -2.33. The number of likely N-dealkylation sites (tertiary alicyclic amines) is 1. The predicted molar refractivity (Wildman–Crippen MR) is 90.2 cm³/mol. The minimum atomic E-state index is -3.52. The zero-order valence-electron chi connectivity index (χ0n) is 13.6. The van der Waals surface area contributed by atoms with Gasteiger partial charge in [0.25, 0.3) is 0 Å². The van der Waals surface area contributed by atoms with Crippen LogP contribution in [0.5, 0.6) is 0 Å². The summed E-state index contributed by atoms with van der Waals surface area (Å²) >= 11 is 0. The van der Waals surface area contributed by atoms with E-state index in [1.54, 1.807) is 30.3 Å². The quantitative estimate of drug-likeness (QED) is 0.813. The first-order valence-corrected chi connectivity index (χ1v) is 9.60. The van der Waals surface area contributed by atoms with Gasteiger partial charge in [-0.25, -0.2) is 13.1 Å². The normalized spacial score (nSPS) is 20.0. The van der Waals surface area contributed by atoms with E-state index in [0.717, 1.165) is 19.4 Å². The Morgan fingerprint density at radius 1 is 1.29 bits per heavy atom. The minimum Gasteiger partial charge on any atom is -0.300 e. The lowest BCUT2D eigenvalue weighted by Crippen LogP contribution is -2.48. The molecule has 7 heteroatoms. The van der Waals surface area contributed by atoms with Crippen LogP contribution in [0, 0.1) is 28.6 Å². The number of nitrogens with one attached hydrogen (secondary N) is 1. The minimum absolute atomic E-state index is 0.153. The molecule has 2 rings (SSSR count). The van der Waals surface area contributed by atoms with Gasteiger partial charge in [-0.2, -0.15) is 10.5 Å². The summed E-state index contributed by atoms with van der Waals surface area (Å²) in [7, 11) is -3.52. The highest BCUT2D eigenvalue weighted by atomic mass is 32.2. The van der Waals surface area contributed by atoms with Gasteiger partial charge in [-0.3, -0.25) is 0 Å². The van der Waals surface area contributed by atoms with E-state index in [2.05, 4.69) is 21.8 Å². The highest BCUT2D eigenvalue weighted by molar-refractivity contribution is 7.89. The molecule has 0 bridgehead atoms. The van der Waals surface area contributed by atoms with Crippen LogP contribution in [0.2, 0.25) is 0 Å². The van der Waals surface area contributed by atoms with E-state index < -0.39 is 10.0 Å². The largest absolute Gasteiger partial charge is 0.300 e. The van der Waals surface area contributed by atoms with Gasteiger partial charge in [0.15, 0.2) is 0 Å². The molecule has 1 aliphatic rings. The molecule has 24 heavy (non-hydrogen) atoms. The smallest absolute Gasteiger partial charge is 0.240 e. The van der Waals surface area contributed by atoms with Crippen LogP contribution >= 0.6 is 0 Å². The molecule has 1 N–H and O–H groups in total. The number of rotatable bonds is 7. The predicted octanol–water partition coefficient (Wildman–Crippen LogP) is 1.87. The molecule has 6 nitrogen and oxygen atoms in total. The Labute approximate surface area is 143 Å². The molecule has 0 saturated carbocycles. The topological polar surface area (TPSA) is 97.0 Å². The molecule has 0 aromatic heterocycles. The van der Waals surface area contributed by atoms with E-state index >= 15 is 0 Å². The van der Waals surface area contributed by atoms with Crippen LogP contribution in [0.3, 0.4) is 0 Å². The summed E-state index contributed by atoms with van der Waals surface area (Å²) in [5, 5.41) is 17.8. The van der Waals surface area contributed by atoms with E-state index in [9.17, 15) is 13.7 Å². The zero-order chi connectivity index (χ0) is 17.4. The van der Waals surface area contributed by atoms with Gasteiger partial charge in [0.1, 0.15) is 0 Å². The van der Waals surface area contributed by atoms with E-state index in [4.69, 9.17) is 5.26 Å². The summed E-state index contributed by atoms with van der Waals surface area (Å²) in [5.74, 6) is -0.186. The van der Waals surface area contributed by atoms with Crippen molar-refractivity contribution in [2.75, 3.05) is 19.6 Å². The Hall–Kier alpha value is -1.93. The van der Waals surface area contributed by atoms with Crippen LogP contribution in [-0.4, -0.2) is 39.0 Å². The van der Waals surface area contributed by atoms with Gasteiger partial charge in [-0.1, -0.05) is 18.2 Å². The van der Waals surface area contributed by atoms with E-state index in [0.29, 0.717) is 25.9 Å². The summed E-state index contributed by atoms with van der Waals surface area (Å²) < 4.78 is 27.6. The standard InChI is InChI=1S/C17H22N4O2S/c18-10-4-6-15(12-19)13-21-11-5-7-16(14-21)20-24(22,23)17-8-2-1-3-9-17/h1-3,8-9,15-16,20H,4-7,11,13-14H2/t15-,16+/m1/s1. The molecule has 0 radical (unpaired) electrons. The van der Waals surface area contributed by atoms with Crippen molar-refractivity contribution in [2.45, 2.75) is 36.6 Å². The molecule has 1 heterocycles. The molecule has 1 saturated heterocycles. The lowest BCUT2D eigenvalue weighted by molar-refractivity contribution is 0.184. The van der Waals surface area contributed by atoms with Gasteiger partial charge >= 0.3 is 0 Å². The van der Waals surface area contributed by atoms with Crippen molar-refractivity contribution >= 4 is 10.0 Å². The van der Waals surface area contributed by atoms with Crippen molar-refractivity contribution in [3.05, 3.63) is 30.3 Å². The SMILES string of the molecule is N#CCC[C@H](C#N)CN1CCC[C@H](NS(=O)(=O)c2ccccc2)C1. The van der Waals surface area contributed by atoms with Gasteiger partial charge < -0.3 is 4.90 Å². The highest BCUT2D eigenvalue weighted by Gasteiger charge is 2.26. The molecular weight excluding hydrogens is 324 g/mol. The molecule has 0 unspecified atom stereocenters. The zero-order valence-corrected chi connectivity index (χ0v) is 14.4. The van der Waals surface area contributed by atoms with Gasteiger partial charge in [0, 0.05) is 25.6 Å². The second-order valence-corrected chi connectivity index (χ2v) is 7.77. The summed E-state index contributed by atoms with van der Waals surface area (Å²) in [5.41, 5.74) is 0. The maximum Gasteiger partial charge on any atom is 0.240 e. The third kappa shape index (κ3) is 5.31. The number of nitriles is 2.